The molecule has 0 bridgehead atoms. The van der Waals surface area contributed by atoms with Gasteiger partial charge in [0, 0.05) is 11.1 Å². The highest BCUT2D eigenvalue weighted by atomic mass is 32.1. The summed E-state index contributed by atoms with van der Waals surface area (Å²) in [6.07, 6.45) is 0. The van der Waals surface area contributed by atoms with Crippen LogP contribution < -0.4 is 15.4 Å². The molecule has 0 aliphatic rings. The Morgan fingerprint density at radius 3 is 2.66 bits per heavy atom. The Morgan fingerprint density at radius 1 is 1.14 bits per heavy atom. The zero-order chi connectivity index (χ0) is 20.8. The van der Waals surface area contributed by atoms with Crippen LogP contribution in [-0.4, -0.2) is 23.3 Å². The molecular formula is C21H20FN3O3S. The number of halogens is 1. The van der Waals surface area contributed by atoms with Crippen LogP contribution in [0.25, 0.3) is 0 Å². The number of aryl methyl sites for hydroxylation is 1. The van der Waals surface area contributed by atoms with Gasteiger partial charge in [0.2, 0.25) is 5.91 Å². The van der Waals surface area contributed by atoms with Crippen LogP contribution in [0.3, 0.4) is 0 Å². The molecule has 0 spiro atoms. The Kier molecular flexibility index (Phi) is 6.56. The standard InChI is InChI=1S/C21H20FN3O3S/c1-13-4-3-5-17(14(13)2)24-19(26)10-23-21(27)18-12-29-20(25-18)11-28-16-8-6-15(22)7-9-16/h3-9,12H,10-11H2,1-2H3,(H,23,27)(H,24,26). The molecule has 3 rings (SSSR count). The van der Waals surface area contributed by atoms with Crippen LogP contribution in [0, 0.1) is 19.7 Å². The Hall–Kier alpha value is -3.26. The molecule has 2 amide bonds. The normalized spacial score (nSPS) is 10.4. The number of aromatic nitrogens is 1. The molecule has 0 unspecified atom stereocenters. The van der Waals surface area contributed by atoms with Crippen LogP contribution in [0.5, 0.6) is 5.75 Å². The zero-order valence-electron chi connectivity index (χ0n) is 16.0. The molecule has 0 atom stereocenters. The van der Waals surface area contributed by atoms with E-state index >= 15 is 0 Å². The predicted molar refractivity (Wildman–Crippen MR) is 110 cm³/mol. The number of nitrogens with one attached hydrogen (secondary N) is 2. The maximum Gasteiger partial charge on any atom is 0.271 e. The van der Waals surface area contributed by atoms with Crippen LogP contribution in [0.4, 0.5) is 10.1 Å². The zero-order valence-corrected chi connectivity index (χ0v) is 16.8. The number of nitrogens with zero attached hydrogens (tertiary/aromatic N) is 1. The molecule has 1 heterocycles. The Labute approximate surface area is 171 Å². The van der Waals surface area contributed by atoms with E-state index in [1.165, 1.54) is 35.6 Å². The second-order valence-corrected chi connectivity index (χ2v) is 7.29. The minimum atomic E-state index is -0.439. The summed E-state index contributed by atoms with van der Waals surface area (Å²) in [4.78, 5) is 28.5. The van der Waals surface area contributed by atoms with Crippen LogP contribution in [0.1, 0.15) is 26.6 Å². The number of hydrogen-bond acceptors (Lipinski definition) is 5. The average molecular weight is 413 g/mol. The molecule has 0 aliphatic carbocycles. The molecule has 0 aliphatic heterocycles. The van der Waals surface area contributed by atoms with Crippen LogP contribution in [0.15, 0.2) is 47.8 Å². The van der Waals surface area contributed by atoms with E-state index in [0.29, 0.717) is 10.8 Å². The summed E-state index contributed by atoms with van der Waals surface area (Å²) in [6.45, 7) is 3.89. The Morgan fingerprint density at radius 2 is 1.90 bits per heavy atom. The van der Waals surface area contributed by atoms with E-state index in [0.717, 1.165) is 16.8 Å². The lowest BCUT2D eigenvalue weighted by Gasteiger charge is -2.10. The highest BCUT2D eigenvalue weighted by molar-refractivity contribution is 7.09. The smallest absolute Gasteiger partial charge is 0.271 e. The lowest BCUT2D eigenvalue weighted by atomic mass is 10.1. The van der Waals surface area contributed by atoms with Gasteiger partial charge in [-0.3, -0.25) is 9.59 Å². The first-order valence-electron chi connectivity index (χ1n) is 8.89. The minimum absolute atomic E-state index is 0.162. The van der Waals surface area contributed by atoms with E-state index in [1.807, 2.05) is 32.0 Å². The fraction of sp³-hybridized carbons (Fsp3) is 0.190. The number of carbonyl (C=O) groups excluding carboxylic acids is 2. The second-order valence-electron chi connectivity index (χ2n) is 6.35. The molecule has 29 heavy (non-hydrogen) atoms. The van der Waals surface area contributed by atoms with Crippen molar-refractivity contribution in [1.29, 1.82) is 0 Å². The monoisotopic (exact) mass is 413 g/mol. The van der Waals surface area contributed by atoms with Gasteiger partial charge in [0.25, 0.3) is 5.91 Å². The molecule has 0 fully saturated rings. The van der Waals surface area contributed by atoms with Gasteiger partial charge in [-0.05, 0) is 55.3 Å². The fourth-order valence-electron chi connectivity index (χ4n) is 2.49. The topological polar surface area (TPSA) is 80.3 Å². The molecule has 8 heteroatoms. The van der Waals surface area contributed by atoms with E-state index in [2.05, 4.69) is 15.6 Å². The molecule has 6 nitrogen and oxygen atoms in total. The van der Waals surface area contributed by atoms with Gasteiger partial charge >= 0.3 is 0 Å². The number of hydrogen-bond donors (Lipinski definition) is 2. The van der Waals surface area contributed by atoms with E-state index in [4.69, 9.17) is 4.74 Å². The van der Waals surface area contributed by atoms with E-state index in [-0.39, 0.29) is 30.6 Å². The summed E-state index contributed by atoms with van der Waals surface area (Å²) >= 11 is 1.27. The van der Waals surface area contributed by atoms with Gasteiger partial charge in [0.15, 0.2) is 0 Å². The third kappa shape index (κ3) is 5.61. The third-order valence-corrected chi connectivity index (χ3v) is 5.07. The number of rotatable bonds is 7. The van der Waals surface area contributed by atoms with E-state index < -0.39 is 5.91 Å². The van der Waals surface area contributed by atoms with Gasteiger partial charge in [0.05, 0.1) is 6.54 Å². The highest BCUT2D eigenvalue weighted by Gasteiger charge is 2.13. The summed E-state index contributed by atoms with van der Waals surface area (Å²) in [5, 5.41) is 7.54. The molecule has 2 aromatic carbocycles. The predicted octanol–water partition coefficient (Wildman–Crippen LogP) is 3.85. The molecule has 0 saturated heterocycles. The summed E-state index contributed by atoms with van der Waals surface area (Å²) in [5.41, 5.74) is 2.99. The third-order valence-electron chi connectivity index (χ3n) is 4.25. The largest absolute Gasteiger partial charge is 0.486 e. The van der Waals surface area contributed by atoms with Crippen molar-refractivity contribution in [3.05, 3.63) is 75.5 Å². The van der Waals surface area contributed by atoms with Crippen LogP contribution in [-0.2, 0) is 11.4 Å². The lowest BCUT2D eigenvalue weighted by Crippen LogP contribution is -2.33. The van der Waals surface area contributed by atoms with Crippen molar-refractivity contribution >= 4 is 28.8 Å². The van der Waals surface area contributed by atoms with E-state index in [9.17, 15) is 14.0 Å². The van der Waals surface area contributed by atoms with Gasteiger partial charge in [-0.2, -0.15) is 0 Å². The number of benzene rings is 2. The quantitative estimate of drug-likeness (QED) is 0.617. The van der Waals surface area contributed by atoms with Crippen molar-refractivity contribution in [1.82, 2.24) is 10.3 Å². The van der Waals surface area contributed by atoms with Crippen molar-refractivity contribution in [2.75, 3.05) is 11.9 Å². The summed E-state index contributed by atoms with van der Waals surface area (Å²) in [5.74, 6) is -0.588. The summed E-state index contributed by atoms with van der Waals surface area (Å²) in [6, 6.07) is 11.3. The summed E-state index contributed by atoms with van der Waals surface area (Å²) < 4.78 is 18.4. The summed E-state index contributed by atoms with van der Waals surface area (Å²) in [7, 11) is 0. The van der Waals surface area contributed by atoms with Crippen LogP contribution in [0.2, 0.25) is 0 Å². The first-order chi connectivity index (χ1) is 13.9. The van der Waals surface area contributed by atoms with Crippen molar-refractivity contribution in [3.8, 4) is 5.75 Å². The van der Waals surface area contributed by atoms with Crippen molar-refractivity contribution in [3.63, 3.8) is 0 Å². The lowest BCUT2D eigenvalue weighted by molar-refractivity contribution is -0.115. The SMILES string of the molecule is Cc1cccc(NC(=O)CNC(=O)c2csc(COc3ccc(F)cc3)n2)c1C. The first-order valence-corrected chi connectivity index (χ1v) is 9.77. The van der Waals surface area contributed by atoms with Gasteiger partial charge < -0.3 is 15.4 Å². The molecular weight excluding hydrogens is 393 g/mol. The number of thiazole rings is 1. The van der Waals surface area contributed by atoms with Gasteiger partial charge in [-0.1, -0.05) is 12.1 Å². The molecule has 3 aromatic rings. The van der Waals surface area contributed by atoms with Gasteiger partial charge in [-0.25, -0.2) is 9.37 Å². The number of amides is 2. The Bertz CT molecular complexity index is 1020. The maximum absolute atomic E-state index is 12.9. The van der Waals surface area contributed by atoms with Crippen molar-refractivity contribution in [2.24, 2.45) is 0 Å². The second kappa shape index (κ2) is 9.29. The average Bonchev–Trinajstić information content (AvgIpc) is 3.18. The van der Waals surface area contributed by atoms with Crippen LogP contribution >= 0.6 is 11.3 Å². The number of anilines is 1. The molecule has 0 saturated carbocycles. The Balaban J connectivity index is 1.49. The van der Waals surface area contributed by atoms with Crippen molar-refractivity contribution < 1.29 is 18.7 Å². The number of carbonyl (C=O) groups is 2. The van der Waals surface area contributed by atoms with E-state index in [1.54, 1.807) is 5.38 Å². The fourth-order valence-corrected chi connectivity index (χ4v) is 3.17. The van der Waals surface area contributed by atoms with Gasteiger partial charge in [0.1, 0.15) is 28.9 Å². The molecule has 2 N–H and O–H groups in total. The molecule has 150 valence electrons. The van der Waals surface area contributed by atoms with Gasteiger partial charge in [-0.15, -0.1) is 11.3 Å². The number of ether oxygens (including phenoxy) is 1. The molecule has 0 radical (unpaired) electrons. The first kappa shape index (κ1) is 20.5. The highest BCUT2D eigenvalue weighted by Crippen LogP contribution is 2.18. The minimum Gasteiger partial charge on any atom is -0.486 e. The molecule has 1 aromatic heterocycles. The van der Waals surface area contributed by atoms with Crippen molar-refractivity contribution in [2.45, 2.75) is 20.5 Å². The maximum atomic E-state index is 12.9.